The Labute approximate surface area is 161 Å². The molecule has 5 nitrogen and oxygen atoms in total. The number of pyridine rings is 1. The van der Waals surface area contributed by atoms with Crippen molar-refractivity contribution in [1.29, 1.82) is 0 Å². The molecule has 3 fully saturated rings. The molecule has 2 bridgehead atoms. The molecule has 2 aromatic rings. The van der Waals surface area contributed by atoms with E-state index >= 15 is 0 Å². The fraction of sp³-hybridized carbons (Fsp3) is 0.368. The molecule has 3 aliphatic heterocycles. The predicted octanol–water partition coefficient (Wildman–Crippen LogP) is 2.97. The summed E-state index contributed by atoms with van der Waals surface area (Å²) in [4.78, 5) is 27.4. The normalized spacial score (nSPS) is 24.5. The topological polar surface area (TPSA) is 54.3 Å². The van der Waals surface area contributed by atoms with Crippen LogP contribution in [0.3, 0.4) is 0 Å². The van der Waals surface area contributed by atoms with E-state index in [1.165, 1.54) is 16.8 Å². The summed E-state index contributed by atoms with van der Waals surface area (Å²) in [6.07, 6.45) is 3.80. The zero-order valence-corrected chi connectivity index (χ0v) is 15.6. The molecule has 26 heavy (non-hydrogen) atoms. The number of hydrogen-bond acceptors (Lipinski definition) is 3. The van der Waals surface area contributed by atoms with Crippen molar-refractivity contribution in [3.63, 3.8) is 0 Å². The Bertz CT molecular complexity index is 904. The molecule has 1 N–H and O–H groups in total. The third-order valence-corrected chi connectivity index (χ3v) is 5.85. The number of rotatable bonds is 3. The minimum atomic E-state index is -0.256. The second-order valence-electron chi connectivity index (χ2n) is 6.94. The molecule has 0 saturated carbocycles. The summed E-state index contributed by atoms with van der Waals surface area (Å²) in [5.74, 6) is 0.378. The van der Waals surface area contributed by atoms with E-state index in [-0.39, 0.29) is 17.5 Å². The quantitative estimate of drug-likeness (QED) is 0.874. The molecule has 1 atom stereocenters. The lowest BCUT2D eigenvalue weighted by atomic mass is 9.84. The Morgan fingerprint density at radius 1 is 1.12 bits per heavy atom. The minimum Gasteiger partial charge on any atom is -0.348 e. The number of piperidine rings is 3. The van der Waals surface area contributed by atoms with Gasteiger partial charge in [-0.2, -0.15) is 0 Å². The molecule has 3 saturated heterocycles. The van der Waals surface area contributed by atoms with E-state index in [0.29, 0.717) is 27.2 Å². The van der Waals surface area contributed by atoms with E-state index < -0.39 is 0 Å². The summed E-state index contributed by atoms with van der Waals surface area (Å²) in [5, 5.41) is 3.98. The zero-order valence-electron chi connectivity index (χ0n) is 14.1. The molecule has 1 unspecified atom stereocenters. The summed E-state index contributed by atoms with van der Waals surface area (Å²) in [6, 6.07) is 8.01. The first-order chi connectivity index (χ1) is 12.5. The van der Waals surface area contributed by atoms with Gasteiger partial charge in [-0.3, -0.25) is 14.2 Å². The van der Waals surface area contributed by atoms with Crippen LogP contribution >= 0.6 is 23.2 Å². The Balaban J connectivity index is 1.59. The SMILES string of the molecule is O=C(NC1CN2CCC1CC2)c1ccc(=O)n(-c2ccc(Cl)cc2Cl)c1. The number of nitrogens with zero attached hydrogens (tertiary/aromatic N) is 2. The van der Waals surface area contributed by atoms with Gasteiger partial charge in [-0.25, -0.2) is 0 Å². The van der Waals surface area contributed by atoms with Gasteiger partial charge in [0.15, 0.2) is 0 Å². The number of amides is 1. The van der Waals surface area contributed by atoms with Gasteiger partial charge < -0.3 is 10.2 Å². The average Bonchev–Trinajstić information content (AvgIpc) is 2.63. The first-order valence-electron chi connectivity index (χ1n) is 8.72. The molecule has 1 aromatic carbocycles. The molecule has 136 valence electrons. The number of hydrogen-bond donors (Lipinski definition) is 1. The zero-order chi connectivity index (χ0) is 18.3. The van der Waals surface area contributed by atoms with Crippen LogP contribution in [0.15, 0.2) is 41.3 Å². The van der Waals surface area contributed by atoms with Gasteiger partial charge in [-0.05, 0) is 56.1 Å². The van der Waals surface area contributed by atoms with Gasteiger partial charge in [0.1, 0.15) is 0 Å². The van der Waals surface area contributed by atoms with Crippen LogP contribution in [0.4, 0.5) is 0 Å². The lowest BCUT2D eigenvalue weighted by Gasteiger charge is -2.44. The van der Waals surface area contributed by atoms with Crippen LogP contribution < -0.4 is 10.9 Å². The number of benzene rings is 1. The average molecular weight is 392 g/mol. The smallest absolute Gasteiger partial charge is 0.255 e. The fourth-order valence-electron chi connectivity index (χ4n) is 3.87. The van der Waals surface area contributed by atoms with Crippen molar-refractivity contribution in [1.82, 2.24) is 14.8 Å². The standard InChI is InChI=1S/C19H19Cl2N3O2/c20-14-2-3-17(15(21)9-14)24-10-13(1-4-18(24)25)19(26)22-16-11-23-7-5-12(16)6-8-23/h1-4,9-10,12,16H,5-8,11H2,(H,22,26). The van der Waals surface area contributed by atoms with Crippen molar-refractivity contribution in [2.45, 2.75) is 18.9 Å². The van der Waals surface area contributed by atoms with Crippen LogP contribution in [0.2, 0.25) is 10.0 Å². The van der Waals surface area contributed by atoms with E-state index in [1.54, 1.807) is 24.3 Å². The molecular formula is C19H19Cl2N3O2. The van der Waals surface area contributed by atoms with Gasteiger partial charge in [-0.15, -0.1) is 0 Å². The summed E-state index contributed by atoms with van der Waals surface area (Å²) in [6.45, 7) is 3.15. The largest absolute Gasteiger partial charge is 0.348 e. The Morgan fingerprint density at radius 3 is 2.54 bits per heavy atom. The molecule has 1 aromatic heterocycles. The monoisotopic (exact) mass is 391 g/mol. The molecule has 3 aliphatic rings. The van der Waals surface area contributed by atoms with Crippen molar-refractivity contribution in [3.05, 3.63) is 62.5 Å². The first kappa shape index (κ1) is 17.6. The molecule has 5 rings (SSSR count). The van der Waals surface area contributed by atoms with E-state index in [0.717, 1.165) is 32.5 Å². The van der Waals surface area contributed by atoms with Crippen molar-refractivity contribution < 1.29 is 4.79 Å². The van der Waals surface area contributed by atoms with Crippen LogP contribution in [0.1, 0.15) is 23.2 Å². The number of carbonyl (C=O) groups is 1. The second-order valence-corrected chi connectivity index (χ2v) is 7.78. The van der Waals surface area contributed by atoms with Gasteiger partial charge in [0.2, 0.25) is 0 Å². The highest BCUT2D eigenvalue weighted by Crippen LogP contribution is 2.28. The lowest BCUT2D eigenvalue weighted by Crippen LogP contribution is -2.57. The maximum atomic E-state index is 12.7. The lowest BCUT2D eigenvalue weighted by molar-refractivity contribution is 0.0620. The van der Waals surface area contributed by atoms with E-state index in [2.05, 4.69) is 10.2 Å². The maximum absolute atomic E-state index is 12.7. The van der Waals surface area contributed by atoms with Crippen molar-refractivity contribution in [3.8, 4) is 5.69 Å². The van der Waals surface area contributed by atoms with Crippen LogP contribution in [-0.4, -0.2) is 41.1 Å². The Hall–Kier alpha value is -1.82. The molecular weight excluding hydrogens is 373 g/mol. The van der Waals surface area contributed by atoms with Crippen molar-refractivity contribution in [2.75, 3.05) is 19.6 Å². The van der Waals surface area contributed by atoms with Crippen LogP contribution in [0.5, 0.6) is 0 Å². The number of aromatic nitrogens is 1. The molecule has 4 heterocycles. The molecule has 1 amide bonds. The minimum absolute atomic E-state index is 0.164. The van der Waals surface area contributed by atoms with Crippen LogP contribution in [-0.2, 0) is 0 Å². The first-order valence-corrected chi connectivity index (χ1v) is 9.48. The highest BCUT2D eigenvalue weighted by Gasteiger charge is 2.35. The highest BCUT2D eigenvalue weighted by molar-refractivity contribution is 6.35. The van der Waals surface area contributed by atoms with Gasteiger partial charge in [0, 0.05) is 29.9 Å². The summed E-state index contributed by atoms with van der Waals surface area (Å²) < 4.78 is 1.38. The van der Waals surface area contributed by atoms with E-state index in [4.69, 9.17) is 23.2 Å². The molecule has 0 aliphatic carbocycles. The predicted molar refractivity (Wildman–Crippen MR) is 102 cm³/mol. The van der Waals surface area contributed by atoms with Crippen LogP contribution in [0, 0.1) is 5.92 Å². The second kappa shape index (κ2) is 7.06. The fourth-order valence-corrected chi connectivity index (χ4v) is 4.37. The maximum Gasteiger partial charge on any atom is 0.255 e. The van der Waals surface area contributed by atoms with Gasteiger partial charge in [-0.1, -0.05) is 23.2 Å². The third-order valence-electron chi connectivity index (χ3n) is 5.32. The van der Waals surface area contributed by atoms with E-state index in [9.17, 15) is 9.59 Å². The Morgan fingerprint density at radius 2 is 1.88 bits per heavy atom. The summed E-state index contributed by atoms with van der Waals surface area (Å²) in [7, 11) is 0. The third kappa shape index (κ3) is 3.39. The van der Waals surface area contributed by atoms with Gasteiger partial charge in [0.25, 0.3) is 11.5 Å². The van der Waals surface area contributed by atoms with Crippen molar-refractivity contribution in [2.24, 2.45) is 5.92 Å². The number of carbonyl (C=O) groups excluding carboxylic acids is 1. The van der Waals surface area contributed by atoms with Gasteiger partial charge >= 0.3 is 0 Å². The van der Waals surface area contributed by atoms with Gasteiger partial charge in [0.05, 0.1) is 16.3 Å². The molecule has 0 radical (unpaired) electrons. The van der Waals surface area contributed by atoms with E-state index in [1.807, 2.05) is 0 Å². The Kier molecular flexibility index (Phi) is 4.78. The number of fused-ring (bicyclic) bond motifs is 3. The van der Waals surface area contributed by atoms with Crippen LogP contribution in [0.25, 0.3) is 5.69 Å². The number of nitrogens with one attached hydrogen (secondary N) is 1. The van der Waals surface area contributed by atoms with Crippen molar-refractivity contribution >= 4 is 29.1 Å². The molecule has 0 spiro atoms. The number of halogens is 2. The summed E-state index contributed by atoms with van der Waals surface area (Å²) in [5.41, 5.74) is 0.680. The summed E-state index contributed by atoms with van der Waals surface area (Å²) >= 11 is 12.1. The molecule has 7 heteroatoms. The highest BCUT2D eigenvalue weighted by atomic mass is 35.5.